The van der Waals surface area contributed by atoms with Crippen LogP contribution in [-0.2, 0) is 21.4 Å². The molecule has 0 aromatic carbocycles. The van der Waals surface area contributed by atoms with Crippen molar-refractivity contribution in [3.05, 3.63) is 35.5 Å². The number of carbonyl (C=O) groups excluding carboxylic acids is 1. The molecule has 2 heterocycles. The third kappa shape index (κ3) is 4.20. The molecule has 0 atom stereocenters. The average molecular weight is 340 g/mol. The lowest BCUT2D eigenvalue weighted by molar-refractivity contribution is -0.129. The molecule has 1 amide bonds. The van der Waals surface area contributed by atoms with E-state index in [0.29, 0.717) is 23.7 Å². The Balaban J connectivity index is 1.98. The van der Waals surface area contributed by atoms with Crippen LogP contribution >= 0.6 is 0 Å². The van der Waals surface area contributed by atoms with Crippen molar-refractivity contribution >= 4 is 15.9 Å². The predicted molar refractivity (Wildman–Crippen MR) is 83.0 cm³/mol. The molecule has 0 bridgehead atoms. The van der Waals surface area contributed by atoms with Crippen LogP contribution in [-0.4, -0.2) is 42.5 Å². The van der Waals surface area contributed by atoms with Gasteiger partial charge in [0.25, 0.3) is 0 Å². The van der Waals surface area contributed by atoms with Crippen molar-refractivity contribution in [2.75, 3.05) is 13.1 Å². The number of hydrogen-bond donors (Lipinski definition) is 2. The molecule has 8 nitrogen and oxygen atoms in total. The van der Waals surface area contributed by atoms with E-state index in [4.69, 9.17) is 4.42 Å². The molecule has 2 aromatic rings. The first-order valence-corrected chi connectivity index (χ1v) is 8.58. The first-order valence-electron chi connectivity index (χ1n) is 7.10. The second-order valence-electron chi connectivity index (χ2n) is 5.18. The number of aryl methyl sites for hydroxylation is 2. The van der Waals surface area contributed by atoms with E-state index in [-0.39, 0.29) is 23.9 Å². The molecule has 0 aliphatic heterocycles. The lowest BCUT2D eigenvalue weighted by Gasteiger charge is -2.20. The van der Waals surface area contributed by atoms with Gasteiger partial charge in [0.05, 0.1) is 24.2 Å². The van der Waals surface area contributed by atoms with E-state index < -0.39 is 10.0 Å². The summed E-state index contributed by atoms with van der Waals surface area (Å²) in [6, 6.07) is 3.50. The Bertz CT molecular complexity index is 745. The summed E-state index contributed by atoms with van der Waals surface area (Å²) in [6.07, 6.45) is 1.53. The molecule has 2 N–H and O–H groups in total. The minimum Gasteiger partial charge on any atom is -0.467 e. The molecule has 0 spiro atoms. The highest BCUT2D eigenvalue weighted by Crippen LogP contribution is 2.16. The van der Waals surface area contributed by atoms with Crippen molar-refractivity contribution in [2.24, 2.45) is 0 Å². The summed E-state index contributed by atoms with van der Waals surface area (Å²) in [5.74, 6) is 0.487. The van der Waals surface area contributed by atoms with Gasteiger partial charge in [-0.3, -0.25) is 9.89 Å². The van der Waals surface area contributed by atoms with Gasteiger partial charge in [0, 0.05) is 20.0 Å². The Morgan fingerprint density at radius 3 is 2.70 bits per heavy atom. The van der Waals surface area contributed by atoms with E-state index in [1.165, 1.54) is 18.1 Å². The average Bonchev–Trinajstić information content (AvgIpc) is 3.07. The van der Waals surface area contributed by atoms with Crippen LogP contribution in [0.2, 0.25) is 0 Å². The fraction of sp³-hybridized carbons (Fsp3) is 0.429. The van der Waals surface area contributed by atoms with Crippen LogP contribution in [0.1, 0.15) is 24.1 Å². The number of H-pyrrole nitrogens is 1. The first kappa shape index (κ1) is 17.2. The smallest absolute Gasteiger partial charge is 0.244 e. The Morgan fingerprint density at radius 1 is 1.43 bits per heavy atom. The van der Waals surface area contributed by atoms with Crippen LogP contribution < -0.4 is 4.72 Å². The second kappa shape index (κ2) is 6.97. The summed E-state index contributed by atoms with van der Waals surface area (Å²) in [7, 11) is -3.67. The zero-order valence-electron chi connectivity index (χ0n) is 13.3. The van der Waals surface area contributed by atoms with Crippen molar-refractivity contribution in [2.45, 2.75) is 32.2 Å². The number of furan rings is 1. The third-order valence-corrected chi connectivity index (χ3v) is 5.10. The van der Waals surface area contributed by atoms with Gasteiger partial charge in [-0.15, -0.1) is 0 Å². The molecule has 23 heavy (non-hydrogen) atoms. The molecular weight excluding hydrogens is 320 g/mol. The minimum atomic E-state index is -3.67. The van der Waals surface area contributed by atoms with E-state index in [2.05, 4.69) is 14.9 Å². The number of rotatable bonds is 7. The summed E-state index contributed by atoms with van der Waals surface area (Å²) in [6.45, 7) is 5.34. The molecule has 0 unspecified atom stereocenters. The lowest BCUT2D eigenvalue weighted by atomic mass is 10.4. The van der Waals surface area contributed by atoms with Gasteiger partial charge in [-0.2, -0.15) is 5.10 Å². The summed E-state index contributed by atoms with van der Waals surface area (Å²) < 4.78 is 32.3. The number of nitrogens with one attached hydrogen (secondary N) is 2. The van der Waals surface area contributed by atoms with Gasteiger partial charge in [-0.05, 0) is 26.0 Å². The number of carbonyl (C=O) groups is 1. The Kier molecular flexibility index (Phi) is 5.22. The van der Waals surface area contributed by atoms with E-state index in [1.807, 2.05) is 0 Å². The molecule has 0 fully saturated rings. The standard InChI is InChI=1S/C14H20N4O4S/c1-10-14(11(2)17-16-10)23(20,21)15-6-7-18(12(3)19)9-13-5-4-8-22-13/h4-5,8,15H,6-7,9H2,1-3H3,(H,16,17). The second-order valence-corrected chi connectivity index (χ2v) is 6.88. The highest BCUT2D eigenvalue weighted by molar-refractivity contribution is 7.89. The zero-order chi connectivity index (χ0) is 17.0. The van der Waals surface area contributed by atoms with E-state index in [1.54, 1.807) is 26.0 Å². The van der Waals surface area contributed by atoms with Crippen molar-refractivity contribution in [1.82, 2.24) is 19.8 Å². The summed E-state index contributed by atoms with van der Waals surface area (Å²) in [5.41, 5.74) is 0.892. The van der Waals surface area contributed by atoms with Gasteiger partial charge in [0.1, 0.15) is 10.7 Å². The Labute approximate surface area is 134 Å². The number of aromatic nitrogens is 2. The fourth-order valence-corrected chi connectivity index (χ4v) is 3.65. The van der Waals surface area contributed by atoms with Gasteiger partial charge in [0.15, 0.2) is 0 Å². The van der Waals surface area contributed by atoms with Crippen LogP contribution in [0.5, 0.6) is 0 Å². The molecule has 126 valence electrons. The summed E-state index contributed by atoms with van der Waals surface area (Å²) >= 11 is 0. The maximum Gasteiger partial charge on any atom is 0.244 e. The molecular formula is C14H20N4O4S. The van der Waals surface area contributed by atoms with Gasteiger partial charge in [0.2, 0.25) is 15.9 Å². The van der Waals surface area contributed by atoms with Crippen LogP contribution in [0.15, 0.2) is 27.7 Å². The monoisotopic (exact) mass is 340 g/mol. The molecule has 0 saturated heterocycles. The topological polar surface area (TPSA) is 108 Å². The Morgan fingerprint density at radius 2 is 2.17 bits per heavy atom. The molecule has 2 rings (SSSR count). The van der Waals surface area contributed by atoms with E-state index in [9.17, 15) is 13.2 Å². The molecule has 2 aromatic heterocycles. The number of sulfonamides is 1. The SMILES string of the molecule is CC(=O)N(CCNS(=O)(=O)c1c(C)n[nH]c1C)Cc1ccco1. The molecule has 9 heteroatoms. The highest BCUT2D eigenvalue weighted by Gasteiger charge is 2.22. The summed E-state index contributed by atoms with van der Waals surface area (Å²) in [4.78, 5) is 13.3. The number of amides is 1. The van der Waals surface area contributed by atoms with Crippen molar-refractivity contribution in [3.63, 3.8) is 0 Å². The van der Waals surface area contributed by atoms with Gasteiger partial charge in [-0.25, -0.2) is 13.1 Å². The lowest BCUT2D eigenvalue weighted by Crippen LogP contribution is -2.37. The van der Waals surface area contributed by atoms with Crippen molar-refractivity contribution in [3.8, 4) is 0 Å². The number of aromatic amines is 1. The maximum absolute atomic E-state index is 12.3. The predicted octanol–water partition coefficient (Wildman–Crippen LogP) is 0.947. The van der Waals surface area contributed by atoms with Crippen molar-refractivity contribution in [1.29, 1.82) is 0 Å². The maximum atomic E-state index is 12.3. The number of nitrogens with zero attached hydrogens (tertiary/aromatic N) is 2. The zero-order valence-corrected chi connectivity index (χ0v) is 14.1. The van der Waals surface area contributed by atoms with Gasteiger partial charge >= 0.3 is 0 Å². The Hall–Kier alpha value is -2.13. The fourth-order valence-electron chi connectivity index (χ4n) is 2.26. The summed E-state index contributed by atoms with van der Waals surface area (Å²) in [5, 5.41) is 6.53. The first-order chi connectivity index (χ1) is 10.8. The van der Waals surface area contributed by atoms with Crippen LogP contribution in [0.3, 0.4) is 0 Å². The molecule has 0 radical (unpaired) electrons. The van der Waals surface area contributed by atoms with Gasteiger partial charge < -0.3 is 9.32 Å². The van der Waals surface area contributed by atoms with E-state index in [0.717, 1.165) is 0 Å². The molecule has 0 aliphatic rings. The normalized spacial score (nSPS) is 11.6. The molecule has 0 saturated carbocycles. The van der Waals surface area contributed by atoms with Crippen LogP contribution in [0.4, 0.5) is 0 Å². The quantitative estimate of drug-likeness (QED) is 0.780. The van der Waals surface area contributed by atoms with E-state index >= 15 is 0 Å². The van der Waals surface area contributed by atoms with Crippen LogP contribution in [0.25, 0.3) is 0 Å². The van der Waals surface area contributed by atoms with Crippen LogP contribution in [0, 0.1) is 13.8 Å². The molecule has 0 aliphatic carbocycles. The van der Waals surface area contributed by atoms with Gasteiger partial charge in [-0.1, -0.05) is 0 Å². The largest absolute Gasteiger partial charge is 0.467 e. The number of hydrogen-bond acceptors (Lipinski definition) is 5. The minimum absolute atomic E-state index is 0.104. The third-order valence-electron chi connectivity index (χ3n) is 3.38. The van der Waals surface area contributed by atoms with Crippen molar-refractivity contribution < 1.29 is 17.6 Å². The highest BCUT2D eigenvalue weighted by atomic mass is 32.2.